The third kappa shape index (κ3) is 3.57. The Hall–Kier alpha value is -3.67. The SMILES string of the molecule is COC(=O)c1cccc(Cc2c(-c3ccccc3F)[nH]c3cc(OC)ccc23)n1. The van der Waals surface area contributed by atoms with E-state index in [1.807, 2.05) is 24.3 Å². The largest absolute Gasteiger partial charge is 0.497 e. The number of nitrogens with one attached hydrogen (secondary N) is 1. The molecule has 2 aromatic heterocycles. The summed E-state index contributed by atoms with van der Waals surface area (Å²) < 4.78 is 24.6. The predicted octanol–water partition coefficient (Wildman–Crippen LogP) is 4.76. The molecule has 0 atom stereocenters. The minimum atomic E-state index is -0.496. The van der Waals surface area contributed by atoms with Crippen LogP contribution in [-0.2, 0) is 11.2 Å². The fourth-order valence-corrected chi connectivity index (χ4v) is 3.42. The molecule has 0 spiro atoms. The molecule has 0 fully saturated rings. The van der Waals surface area contributed by atoms with E-state index in [9.17, 15) is 9.18 Å². The molecule has 2 aromatic carbocycles. The zero-order valence-corrected chi connectivity index (χ0v) is 16.0. The molecule has 29 heavy (non-hydrogen) atoms. The number of H-pyrrole nitrogens is 1. The van der Waals surface area contributed by atoms with Crippen molar-refractivity contribution in [3.8, 4) is 17.0 Å². The van der Waals surface area contributed by atoms with Gasteiger partial charge in [-0.15, -0.1) is 0 Å². The lowest BCUT2D eigenvalue weighted by Gasteiger charge is -2.07. The number of methoxy groups -OCH3 is 2. The van der Waals surface area contributed by atoms with Crippen LogP contribution >= 0.6 is 0 Å². The average molecular weight is 390 g/mol. The first-order chi connectivity index (χ1) is 14.1. The second kappa shape index (κ2) is 7.75. The Bertz CT molecular complexity index is 1200. The first-order valence-electron chi connectivity index (χ1n) is 9.08. The normalized spacial score (nSPS) is 10.9. The number of pyridine rings is 1. The third-order valence-electron chi connectivity index (χ3n) is 4.82. The smallest absolute Gasteiger partial charge is 0.356 e. The van der Waals surface area contributed by atoms with Crippen molar-refractivity contribution in [2.45, 2.75) is 6.42 Å². The van der Waals surface area contributed by atoms with Crippen LogP contribution in [-0.4, -0.2) is 30.2 Å². The van der Waals surface area contributed by atoms with Crippen LogP contribution in [0.15, 0.2) is 60.7 Å². The highest BCUT2D eigenvalue weighted by atomic mass is 19.1. The summed E-state index contributed by atoms with van der Waals surface area (Å²) in [5.74, 6) is -0.107. The van der Waals surface area contributed by atoms with E-state index in [-0.39, 0.29) is 11.5 Å². The molecule has 6 heteroatoms. The van der Waals surface area contributed by atoms with E-state index in [2.05, 4.69) is 9.97 Å². The quantitative estimate of drug-likeness (QED) is 0.499. The van der Waals surface area contributed by atoms with Gasteiger partial charge in [0, 0.05) is 34.6 Å². The van der Waals surface area contributed by atoms with E-state index in [1.165, 1.54) is 13.2 Å². The molecule has 1 N–H and O–H groups in total. The summed E-state index contributed by atoms with van der Waals surface area (Å²) >= 11 is 0. The molecule has 0 aliphatic carbocycles. The summed E-state index contributed by atoms with van der Waals surface area (Å²) in [5.41, 5.74) is 3.79. The Labute approximate surface area is 167 Å². The molecule has 0 aliphatic rings. The molecule has 0 bridgehead atoms. The van der Waals surface area contributed by atoms with E-state index >= 15 is 0 Å². The molecule has 5 nitrogen and oxygen atoms in total. The lowest BCUT2D eigenvalue weighted by Crippen LogP contribution is -2.06. The van der Waals surface area contributed by atoms with E-state index in [1.54, 1.807) is 37.4 Å². The van der Waals surface area contributed by atoms with Gasteiger partial charge in [0.05, 0.1) is 19.9 Å². The van der Waals surface area contributed by atoms with Crippen LogP contribution in [0.5, 0.6) is 5.75 Å². The number of aromatic amines is 1. The second-order valence-electron chi connectivity index (χ2n) is 6.55. The minimum absolute atomic E-state index is 0.235. The number of nitrogens with zero attached hydrogens (tertiary/aromatic N) is 1. The van der Waals surface area contributed by atoms with Gasteiger partial charge in [0.15, 0.2) is 0 Å². The molecule has 0 aliphatic heterocycles. The zero-order valence-electron chi connectivity index (χ0n) is 16.0. The van der Waals surface area contributed by atoms with Gasteiger partial charge >= 0.3 is 5.97 Å². The minimum Gasteiger partial charge on any atom is -0.497 e. The van der Waals surface area contributed by atoms with Gasteiger partial charge in [-0.3, -0.25) is 0 Å². The van der Waals surface area contributed by atoms with Crippen LogP contribution < -0.4 is 4.74 Å². The molecule has 4 rings (SSSR count). The van der Waals surface area contributed by atoms with Crippen molar-refractivity contribution in [1.82, 2.24) is 9.97 Å². The molecular weight excluding hydrogens is 371 g/mol. The molecule has 0 unspecified atom stereocenters. The van der Waals surface area contributed by atoms with E-state index in [4.69, 9.17) is 9.47 Å². The maximum atomic E-state index is 14.6. The number of benzene rings is 2. The lowest BCUT2D eigenvalue weighted by molar-refractivity contribution is 0.0593. The van der Waals surface area contributed by atoms with Gasteiger partial charge in [0.25, 0.3) is 0 Å². The number of ether oxygens (including phenoxy) is 2. The number of aromatic nitrogens is 2. The summed E-state index contributed by atoms with van der Waals surface area (Å²) in [5, 5.41) is 0.939. The van der Waals surface area contributed by atoms with Crippen molar-refractivity contribution in [2.75, 3.05) is 14.2 Å². The van der Waals surface area contributed by atoms with Crippen molar-refractivity contribution in [3.63, 3.8) is 0 Å². The predicted molar refractivity (Wildman–Crippen MR) is 109 cm³/mol. The molecule has 0 saturated carbocycles. The van der Waals surface area contributed by atoms with Gasteiger partial charge in [0.1, 0.15) is 17.3 Å². The van der Waals surface area contributed by atoms with Crippen molar-refractivity contribution >= 4 is 16.9 Å². The Morgan fingerprint density at radius 3 is 2.66 bits per heavy atom. The van der Waals surface area contributed by atoms with E-state index < -0.39 is 5.97 Å². The summed E-state index contributed by atoms with van der Waals surface area (Å²) in [4.78, 5) is 19.6. The maximum Gasteiger partial charge on any atom is 0.356 e. The highest BCUT2D eigenvalue weighted by Gasteiger charge is 2.18. The highest BCUT2D eigenvalue weighted by Crippen LogP contribution is 2.34. The standard InChI is InChI=1S/C23H19FN2O3/c1-28-15-10-11-16-18(12-14-6-5-9-20(25-14)23(27)29-2)22(26-21(16)13-15)17-7-3-4-8-19(17)24/h3-11,13,26H,12H2,1-2H3. The summed E-state index contributed by atoms with van der Waals surface area (Å²) in [6, 6.07) is 17.5. The summed E-state index contributed by atoms with van der Waals surface area (Å²) in [6.45, 7) is 0. The molecule has 0 amide bonds. The second-order valence-corrected chi connectivity index (χ2v) is 6.55. The van der Waals surface area contributed by atoms with Gasteiger partial charge in [-0.05, 0) is 42.0 Å². The van der Waals surface area contributed by atoms with E-state index in [0.717, 1.165) is 16.5 Å². The van der Waals surface area contributed by atoms with Crippen LogP contribution in [0.25, 0.3) is 22.2 Å². The number of hydrogen-bond acceptors (Lipinski definition) is 4. The topological polar surface area (TPSA) is 64.2 Å². The molecule has 4 aromatic rings. The van der Waals surface area contributed by atoms with Gasteiger partial charge in [-0.1, -0.05) is 18.2 Å². The van der Waals surface area contributed by atoms with Crippen molar-refractivity contribution in [1.29, 1.82) is 0 Å². The average Bonchev–Trinajstić information content (AvgIpc) is 3.10. The zero-order chi connectivity index (χ0) is 20.4. The molecule has 0 radical (unpaired) electrons. The summed E-state index contributed by atoms with van der Waals surface area (Å²) in [6.07, 6.45) is 0.417. The van der Waals surface area contributed by atoms with Gasteiger partial charge in [-0.25, -0.2) is 14.2 Å². The van der Waals surface area contributed by atoms with Crippen LogP contribution in [0.4, 0.5) is 4.39 Å². The lowest BCUT2D eigenvalue weighted by atomic mass is 10.0. The molecular formula is C23H19FN2O3. The first-order valence-corrected chi connectivity index (χ1v) is 9.08. The van der Waals surface area contributed by atoms with Gasteiger partial charge in [0.2, 0.25) is 0 Å². The van der Waals surface area contributed by atoms with Crippen LogP contribution in [0, 0.1) is 5.82 Å². The fourth-order valence-electron chi connectivity index (χ4n) is 3.42. The van der Waals surface area contributed by atoms with Crippen molar-refractivity contribution in [2.24, 2.45) is 0 Å². The Balaban J connectivity index is 1.87. The van der Waals surface area contributed by atoms with E-state index in [0.29, 0.717) is 29.1 Å². The number of rotatable bonds is 5. The van der Waals surface area contributed by atoms with Crippen molar-refractivity contribution in [3.05, 3.63) is 83.4 Å². The van der Waals surface area contributed by atoms with Crippen LogP contribution in [0.2, 0.25) is 0 Å². The molecule has 0 saturated heterocycles. The first kappa shape index (κ1) is 18.7. The summed E-state index contributed by atoms with van der Waals surface area (Å²) in [7, 11) is 2.92. The molecule has 146 valence electrons. The van der Waals surface area contributed by atoms with Crippen LogP contribution in [0.1, 0.15) is 21.7 Å². The number of halogens is 1. The monoisotopic (exact) mass is 390 g/mol. The Kier molecular flexibility index (Phi) is 4.99. The molecule has 2 heterocycles. The number of carbonyl (C=O) groups is 1. The number of esters is 1. The number of carbonyl (C=O) groups excluding carboxylic acids is 1. The maximum absolute atomic E-state index is 14.6. The van der Waals surface area contributed by atoms with Gasteiger partial charge < -0.3 is 14.5 Å². The highest BCUT2D eigenvalue weighted by molar-refractivity contribution is 5.92. The fraction of sp³-hybridized carbons (Fsp3) is 0.130. The van der Waals surface area contributed by atoms with Crippen molar-refractivity contribution < 1.29 is 18.7 Å². The van der Waals surface area contributed by atoms with Gasteiger partial charge in [-0.2, -0.15) is 0 Å². The third-order valence-corrected chi connectivity index (χ3v) is 4.82. The Morgan fingerprint density at radius 1 is 1.07 bits per heavy atom. The van der Waals surface area contributed by atoms with Crippen LogP contribution in [0.3, 0.4) is 0 Å². The Morgan fingerprint density at radius 2 is 1.90 bits per heavy atom. The number of hydrogen-bond donors (Lipinski definition) is 1. The number of fused-ring (bicyclic) bond motifs is 1.